The SMILES string of the molecule is CC(CNS(=O)(=O)N(C)C)C(=N)N. The summed E-state index contributed by atoms with van der Waals surface area (Å²) in [4.78, 5) is 0. The highest BCUT2D eigenvalue weighted by Gasteiger charge is 2.14. The number of amidine groups is 1. The van der Waals surface area contributed by atoms with E-state index < -0.39 is 10.2 Å². The van der Waals surface area contributed by atoms with Gasteiger partial charge in [0.05, 0.1) is 5.84 Å². The Morgan fingerprint density at radius 2 is 2.08 bits per heavy atom. The number of hydrogen-bond donors (Lipinski definition) is 3. The van der Waals surface area contributed by atoms with Gasteiger partial charge in [0.25, 0.3) is 10.2 Å². The maximum atomic E-state index is 11.2. The van der Waals surface area contributed by atoms with Gasteiger partial charge in [0.15, 0.2) is 0 Å². The van der Waals surface area contributed by atoms with Crippen molar-refractivity contribution in [2.24, 2.45) is 11.7 Å². The van der Waals surface area contributed by atoms with Crippen molar-refractivity contribution in [3.05, 3.63) is 0 Å². The minimum atomic E-state index is -3.40. The molecule has 0 radical (unpaired) electrons. The summed E-state index contributed by atoms with van der Waals surface area (Å²) >= 11 is 0. The normalized spacial score (nSPS) is 14.5. The van der Waals surface area contributed by atoms with Gasteiger partial charge in [0.1, 0.15) is 0 Å². The van der Waals surface area contributed by atoms with Crippen LogP contribution in [0.2, 0.25) is 0 Å². The Morgan fingerprint density at radius 3 is 2.38 bits per heavy atom. The fourth-order valence-corrected chi connectivity index (χ4v) is 1.19. The molecule has 0 aromatic rings. The maximum absolute atomic E-state index is 11.2. The molecule has 4 N–H and O–H groups in total. The summed E-state index contributed by atoms with van der Waals surface area (Å²) < 4.78 is 25.7. The molecule has 0 rings (SSSR count). The first kappa shape index (κ1) is 12.3. The molecule has 1 atom stereocenters. The number of nitrogens with zero attached hydrogens (tertiary/aromatic N) is 1. The van der Waals surface area contributed by atoms with E-state index in [1.807, 2.05) is 0 Å². The minimum Gasteiger partial charge on any atom is -0.387 e. The molecule has 0 heterocycles. The highest BCUT2D eigenvalue weighted by atomic mass is 32.2. The van der Waals surface area contributed by atoms with Gasteiger partial charge in [-0.05, 0) is 0 Å². The fraction of sp³-hybridized carbons (Fsp3) is 0.833. The summed E-state index contributed by atoms with van der Waals surface area (Å²) in [5.41, 5.74) is 5.18. The van der Waals surface area contributed by atoms with Crippen LogP contribution < -0.4 is 10.5 Å². The zero-order chi connectivity index (χ0) is 10.6. The van der Waals surface area contributed by atoms with Gasteiger partial charge in [-0.15, -0.1) is 0 Å². The third-order valence-corrected chi connectivity index (χ3v) is 3.08. The van der Waals surface area contributed by atoms with Crippen LogP contribution in [-0.2, 0) is 10.2 Å². The molecule has 0 aliphatic carbocycles. The molecule has 6 nitrogen and oxygen atoms in total. The van der Waals surface area contributed by atoms with Crippen LogP contribution in [0.25, 0.3) is 0 Å². The van der Waals surface area contributed by atoms with E-state index in [-0.39, 0.29) is 18.3 Å². The van der Waals surface area contributed by atoms with Gasteiger partial charge in [-0.1, -0.05) is 6.92 Å². The average molecular weight is 208 g/mol. The highest BCUT2D eigenvalue weighted by molar-refractivity contribution is 7.87. The van der Waals surface area contributed by atoms with Crippen LogP contribution in [0.3, 0.4) is 0 Å². The number of hydrogen-bond acceptors (Lipinski definition) is 3. The third kappa shape index (κ3) is 4.20. The summed E-state index contributed by atoms with van der Waals surface area (Å²) in [6.07, 6.45) is 0. The van der Waals surface area contributed by atoms with Gasteiger partial charge < -0.3 is 5.73 Å². The third-order valence-electron chi connectivity index (χ3n) is 1.58. The maximum Gasteiger partial charge on any atom is 0.278 e. The second-order valence-corrected chi connectivity index (χ2v) is 4.96. The van der Waals surface area contributed by atoms with E-state index in [2.05, 4.69) is 4.72 Å². The van der Waals surface area contributed by atoms with Crippen molar-refractivity contribution in [2.75, 3.05) is 20.6 Å². The Labute approximate surface area is 78.8 Å². The predicted octanol–water partition coefficient (Wildman–Crippen LogP) is -1.05. The van der Waals surface area contributed by atoms with Crippen LogP contribution in [0.1, 0.15) is 6.92 Å². The highest BCUT2D eigenvalue weighted by Crippen LogP contribution is 1.94. The lowest BCUT2D eigenvalue weighted by Crippen LogP contribution is -2.40. The Balaban J connectivity index is 4.11. The molecule has 0 aromatic heterocycles. The van der Waals surface area contributed by atoms with E-state index in [1.54, 1.807) is 6.92 Å². The van der Waals surface area contributed by atoms with E-state index in [0.717, 1.165) is 4.31 Å². The van der Waals surface area contributed by atoms with Crippen molar-refractivity contribution in [3.8, 4) is 0 Å². The summed E-state index contributed by atoms with van der Waals surface area (Å²) in [6.45, 7) is 1.83. The molecule has 0 spiro atoms. The average Bonchev–Trinajstić information content (AvgIpc) is 1.99. The molecule has 7 heteroatoms. The van der Waals surface area contributed by atoms with Crippen molar-refractivity contribution >= 4 is 16.0 Å². The molecule has 0 bridgehead atoms. The molecule has 0 fully saturated rings. The van der Waals surface area contributed by atoms with Crippen molar-refractivity contribution in [1.29, 1.82) is 5.41 Å². The van der Waals surface area contributed by atoms with Crippen LogP contribution >= 0.6 is 0 Å². The smallest absolute Gasteiger partial charge is 0.278 e. The topological polar surface area (TPSA) is 99.3 Å². The first-order valence-electron chi connectivity index (χ1n) is 3.78. The van der Waals surface area contributed by atoms with E-state index in [4.69, 9.17) is 11.1 Å². The standard InChI is InChI=1S/C6H16N4O2S/c1-5(6(7)8)4-9-13(11,12)10(2)3/h5,9H,4H2,1-3H3,(H3,7,8). The first-order chi connectivity index (χ1) is 5.77. The van der Waals surface area contributed by atoms with E-state index in [9.17, 15) is 8.42 Å². The summed E-state index contributed by atoms with van der Waals surface area (Å²) in [5.74, 6) is -0.309. The number of rotatable bonds is 5. The largest absolute Gasteiger partial charge is 0.387 e. The number of nitrogens with two attached hydrogens (primary N) is 1. The van der Waals surface area contributed by atoms with E-state index in [0.29, 0.717) is 0 Å². The molecule has 0 amide bonds. The Morgan fingerprint density at radius 1 is 1.62 bits per heavy atom. The van der Waals surface area contributed by atoms with Crippen LogP contribution in [-0.4, -0.2) is 39.2 Å². The van der Waals surface area contributed by atoms with E-state index >= 15 is 0 Å². The van der Waals surface area contributed by atoms with Crippen LogP contribution in [0, 0.1) is 11.3 Å². The Kier molecular flexibility index (Phi) is 4.31. The molecule has 1 unspecified atom stereocenters. The van der Waals surface area contributed by atoms with E-state index in [1.165, 1.54) is 14.1 Å². The Hall–Kier alpha value is -0.660. The van der Waals surface area contributed by atoms with Crippen LogP contribution in [0.5, 0.6) is 0 Å². The molecule has 13 heavy (non-hydrogen) atoms. The van der Waals surface area contributed by atoms with Crippen molar-refractivity contribution in [1.82, 2.24) is 9.03 Å². The Bertz CT molecular complexity index is 272. The molecule has 0 saturated carbocycles. The van der Waals surface area contributed by atoms with Gasteiger partial charge >= 0.3 is 0 Å². The monoisotopic (exact) mass is 208 g/mol. The molecular weight excluding hydrogens is 192 g/mol. The summed E-state index contributed by atoms with van der Waals surface area (Å²) in [5, 5.41) is 7.04. The minimum absolute atomic E-state index is 0.0264. The zero-order valence-electron chi connectivity index (χ0n) is 8.03. The van der Waals surface area contributed by atoms with Gasteiger partial charge in [-0.3, -0.25) is 5.41 Å². The molecule has 0 saturated heterocycles. The molecule has 78 valence electrons. The number of nitrogens with one attached hydrogen (secondary N) is 2. The molecular formula is C6H16N4O2S. The molecule has 0 aromatic carbocycles. The van der Waals surface area contributed by atoms with Gasteiger partial charge in [0.2, 0.25) is 0 Å². The predicted molar refractivity (Wildman–Crippen MR) is 51.7 cm³/mol. The van der Waals surface area contributed by atoms with Crippen molar-refractivity contribution in [2.45, 2.75) is 6.92 Å². The molecule has 0 aliphatic heterocycles. The second kappa shape index (κ2) is 4.54. The lowest BCUT2D eigenvalue weighted by molar-refractivity contribution is 0.501. The van der Waals surface area contributed by atoms with Gasteiger partial charge in [-0.25, -0.2) is 4.72 Å². The van der Waals surface area contributed by atoms with Crippen LogP contribution in [0.4, 0.5) is 0 Å². The lowest BCUT2D eigenvalue weighted by Gasteiger charge is -2.14. The lowest BCUT2D eigenvalue weighted by atomic mass is 10.2. The van der Waals surface area contributed by atoms with Crippen molar-refractivity contribution < 1.29 is 8.42 Å². The van der Waals surface area contributed by atoms with Crippen LogP contribution in [0.15, 0.2) is 0 Å². The summed E-state index contributed by atoms with van der Waals surface area (Å²) in [6, 6.07) is 0. The molecule has 0 aliphatic rings. The van der Waals surface area contributed by atoms with Gasteiger partial charge in [-0.2, -0.15) is 12.7 Å². The second-order valence-electron chi connectivity index (χ2n) is 2.99. The fourth-order valence-electron chi connectivity index (χ4n) is 0.469. The summed E-state index contributed by atoms with van der Waals surface area (Å²) in [7, 11) is -0.533. The quantitative estimate of drug-likeness (QED) is 0.397. The first-order valence-corrected chi connectivity index (χ1v) is 5.22. The zero-order valence-corrected chi connectivity index (χ0v) is 8.85. The van der Waals surface area contributed by atoms with Crippen molar-refractivity contribution in [3.63, 3.8) is 0 Å². The van der Waals surface area contributed by atoms with Gasteiger partial charge in [0, 0.05) is 26.6 Å².